The molecule has 0 radical (unpaired) electrons. The Hall–Kier alpha value is -4.26. The number of carboxylic acid groups (broad SMARTS) is 1. The van der Waals surface area contributed by atoms with Crippen molar-refractivity contribution < 1.29 is 19.4 Å². The van der Waals surface area contributed by atoms with Crippen LogP contribution in [-0.4, -0.2) is 56.6 Å². The largest absolute Gasteiger partial charge is 0.476 e. The zero-order valence-electron chi connectivity index (χ0n) is 19.5. The molecule has 0 unspecified atom stereocenters. The number of carbonyl (C=O) groups excluding carboxylic acids is 1. The molecular weight excluding hydrogens is 460 g/mol. The summed E-state index contributed by atoms with van der Waals surface area (Å²) in [7, 11) is 1.39. The minimum absolute atomic E-state index is 0.00620. The van der Waals surface area contributed by atoms with Crippen LogP contribution in [0.2, 0.25) is 0 Å². The molecule has 4 N–H and O–H groups in total. The lowest BCUT2D eigenvalue weighted by Gasteiger charge is -2.25. The maximum atomic E-state index is 13.3. The van der Waals surface area contributed by atoms with Gasteiger partial charge >= 0.3 is 11.7 Å². The zero-order valence-corrected chi connectivity index (χ0v) is 19.5. The zero-order chi connectivity index (χ0) is 25.9. The SMILES string of the molecule is COCCN(C(=O)Cn1nc(C(=O)O)c2ccccc2c1=O)c1c(N)n(CC(C)C)c(=O)[nH]c1=O. The number of carboxylic acids is 1. The topological polar surface area (TPSA) is 183 Å². The van der Waals surface area contributed by atoms with Crippen LogP contribution in [0.1, 0.15) is 24.3 Å². The van der Waals surface area contributed by atoms with E-state index in [2.05, 4.69) is 10.1 Å². The molecule has 0 saturated heterocycles. The molecule has 1 aromatic carbocycles. The van der Waals surface area contributed by atoms with Gasteiger partial charge in [0.05, 0.1) is 12.0 Å². The molecule has 2 heterocycles. The molecule has 35 heavy (non-hydrogen) atoms. The van der Waals surface area contributed by atoms with Gasteiger partial charge in [-0.25, -0.2) is 14.3 Å². The lowest BCUT2D eigenvalue weighted by Crippen LogP contribution is -2.45. The molecule has 186 valence electrons. The number of nitrogens with one attached hydrogen (secondary N) is 1. The van der Waals surface area contributed by atoms with Crippen LogP contribution in [0.25, 0.3) is 10.8 Å². The molecule has 3 rings (SSSR count). The molecule has 0 spiro atoms. The first kappa shape index (κ1) is 25.4. The van der Waals surface area contributed by atoms with Gasteiger partial charge in [0.25, 0.3) is 11.1 Å². The minimum Gasteiger partial charge on any atom is -0.476 e. The van der Waals surface area contributed by atoms with Crippen LogP contribution in [-0.2, 0) is 22.6 Å². The van der Waals surface area contributed by atoms with E-state index in [-0.39, 0.29) is 47.9 Å². The number of hydrogen-bond acceptors (Lipinski definition) is 8. The van der Waals surface area contributed by atoms with Crippen molar-refractivity contribution in [2.24, 2.45) is 5.92 Å². The van der Waals surface area contributed by atoms with Gasteiger partial charge in [0, 0.05) is 25.6 Å². The highest BCUT2D eigenvalue weighted by atomic mass is 16.5. The van der Waals surface area contributed by atoms with E-state index in [4.69, 9.17) is 10.5 Å². The van der Waals surface area contributed by atoms with Crippen LogP contribution in [0, 0.1) is 5.92 Å². The van der Waals surface area contributed by atoms with Gasteiger partial charge in [-0.1, -0.05) is 32.0 Å². The Bertz CT molecular complexity index is 1450. The Balaban J connectivity index is 2.13. The molecule has 0 aliphatic rings. The van der Waals surface area contributed by atoms with E-state index < -0.39 is 40.9 Å². The van der Waals surface area contributed by atoms with Crippen molar-refractivity contribution in [3.05, 3.63) is 61.2 Å². The quantitative estimate of drug-likeness (QED) is 0.371. The second-order valence-electron chi connectivity index (χ2n) is 8.20. The van der Waals surface area contributed by atoms with E-state index in [1.165, 1.54) is 19.2 Å². The number of nitrogen functional groups attached to an aromatic ring is 1. The predicted octanol–water partition coefficient (Wildman–Crippen LogP) is -0.137. The van der Waals surface area contributed by atoms with Crippen molar-refractivity contribution >= 4 is 34.2 Å². The highest BCUT2D eigenvalue weighted by Gasteiger charge is 2.26. The van der Waals surface area contributed by atoms with Gasteiger partial charge in [-0.05, 0) is 12.0 Å². The van der Waals surface area contributed by atoms with E-state index in [0.29, 0.717) is 0 Å². The predicted molar refractivity (Wildman–Crippen MR) is 128 cm³/mol. The Labute approximate surface area is 198 Å². The van der Waals surface area contributed by atoms with Crippen LogP contribution < -0.4 is 27.4 Å². The Morgan fingerprint density at radius 3 is 2.46 bits per heavy atom. The number of benzene rings is 1. The molecule has 0 aliphatic heterocycles. The third-order valence-electron chi connectivity index (χ3n) is 5.21. The number of anilines is 2. The van der Waals surface area contributed by atoms with E-state index >= 15 is 0 Å². The smallest absolute Gasteiger partial charge is 0.357 e. The van der Waals surface area contributed by atoms with Crippen molar-refractivity contribution in [1.82, 2.24) is 19.3 Å². The third kappa shape index (κ3) is 5.14. The maximum Gasteiger partial charge on any atom is 0.357 e. The summed E-state index contributed by atoms with van der Waals surface area (Å²) in [5, 5.41) is 13.6. The number of amides is 1. The van der Waals surface area contributed by atoms with E-state index in [1.807, 2.05) is 13.8 Å². The standard InChI is InChI=1S/C22H26N6O7/c1-12(2)10-27-18(23)17(19(30)24-22(27)34)26(8-9-35-3)15(29)11-28-20(31)14-7-5-4-6-13(14)16(25-28)21(32)33/h4-7,12H,8-11,23H2,1-3H3,(H,32,33)(H,24,30,34). The summed E-state index contributed by atoms with van der Waals surface area (Å²) in [6.07, 6.45) is 0. The minimum atomic E-state index is -1.37. The fourth-order valence-electron chi connectivity index (χ4n) is 3.64. The third-order valence-corrected chi connectivity index (χ3v) is 5.21. The second kappa shape index (κ2) is 10.3. The van der Waals surface area contributed by atoms with Crippen LogP contribution in [0.4, 0.5) is 11.5 Å². The summed E-state index contributed by atoms with van der Waals surface area (Å²) in [5.41, 5.74) is 3.18. The molecule has 0 saturated carbocycles. The number of methoxy groups -OCH3 is 1. The van der Waals surface area contributed by atoms with Crippen molar-refractivity contribution in [2.75, 3.05) is 30.9 Å². The Morgan fingerprint density at radius 2 is 1.86 bits per heavy atom. The summed E-state index contributed by atoms with van der Waals surface area (Å²) in [6.45, 7) is 3.08. The van der Waals surface area contributed by atoms with E-state index in [0.717, 1.165) is 14.1 Å². The number of nitrogens with zero attached hydrogens (tertiary/aromatic N) is 4. The first-order valence-corrected chi connectivity index (χ1v) is 10.7. The number of ether oxygens (including phenoxy) is 1. The highest BCUT2D eigenvalue weighted by molar-refractivity contribution is 6.01. The number of rotatable bonds is 9. The molecule has 0 fully saturated rings. The van der Waals surface area contributed by atoms with Crippen molar-refractivity contribution in [3.8, 4) is 0 Å². The molecule has 1 amide bonds. The first-order chi connectivity index (χ1) is 16.6. The first-order valence-electron chi connectivity index (χ1n) is 10.7. The fraction of sp³-hybridized carbons (Fsp3) is 0.364. The van der Waals surface area contributed by atoms with Crippen molar-refractivity contribution in [1.29, 1.82) is 0 Å². The van der Waals surface area contributed by atoms with Crippen LogP contribution in [0.15, 0.2) is 38.6 Å². The van der Waals surface area contributed by atoms with Gasteiger partial charge in [-0.15, -0.1) is 0 Å². The number of aromatic nitrogens is 4. The normalized spacial score (nSPS) is 11.2. The van der Waals surface area contributed by atoms with Gasteiger partial charge in [0.1, 0.15) is 12.4 Å². The van der Waals surface area contributed by atoms with Gasteiger partial charge in [0.15, 0.2) is 11.4 Å². The van der Waals surface area contributed by atoms with Gasteiger partial charge < -0.3 is 20.5 Å². The highest BCUT2D eigenvalue weighted by Crippen LogP contribution is 2.19. The molecule has 0 aliphatic carbocycles. The van der Waals surface area contributed by atoms with Gasteiger partial charge in [-0.2, -0.15) is 5.10 Å². The number of H-pyrrole nitrogens is 1. The van der Waals surface area contributed by atoms with Crippen molar-refractivity contribution in [2.45, 2.75) is 26.9 Å². The summed E-state index contributed by atoms with van der Waals surface area (Å²) >= 11 is 0. The number of hydrogen-bond donors (Lipinski definition) is 3. The Morgan fingerprint density at radius 1 is 1.20 bits per heavy atom. The number of aromatic amines is 1. The average molecular weight is 486 g/mol. The van der Waals surface area contributed by atoms with Crippen LogP contribution in [0.3, 0.4) is 0 Å². The van der Waals surface area contributed by atoms with E-state index in [9.17, 15) is 29.1 Å². The fourth-order valence-corrected chi connectivity index (χ4v) is 3.64. The number of carbonyl (C=O) groups is 2. The molecule has 13 heteroatoms. The van der Waals surface area contributed by atoms with Crippen molar-refractivity contribution in [3.63, 3.8) is 0 Å². The van der Waals surface area contributed by atoms with Gasteiger partial charge in [0.2, 0.25) is 5.91 Å². The monoisotopic (exact) mass is 486 g/mol. The molecule has 13 nitrogen and oxygen atoms in total. The second-order valence-corrected chi connectivity index (χ2v) is 8.20. The lowest BCUT2D eigenvalue weighted by atomic mass is 10.1. The summed E-state index contributed by atoms with van der Waals surface area (Å²) in [5.74, 6) is -2.37. The Kier molecular flexibility index (Phi) is 7.49. The molecule has 2 aromatic heterocycles. The number of nitrogens with two attached hydrogens (primary N) is 1. The van der Waals surface area contributed by atoms with Crippen LogP contribution >= 0.6 is 0 Å². The molecule has 0 atom stereocenters. The average Bonchev–Trinajstić information content (AvgIpc) is 2.80. The van der Waals surface area contributed by atoms with E-state index in [1.54, 1.807) is 12.1 Å². The van der Waals surface area contributed by atoms with Gasteiger partial charge in [-0.3, -0.25) is 23.9 Å². The summed E-state index contributed by atoms with van der Waals surface area (Å²) < 4.78 is 6.92. The summed E-state index contributed by atoms with van der Waals surface area (Å²) in [4.78, 5) is 66.2. The summed E-state index contributed by atoms with van der Waals surface area (Å²) in [6, 6.07) is 6.01. The molecule has 3 aromatic rings. The number of aromatic carboxylic acids is 1. The maximum absolute atomic E-state index is 13.3. The lowest BCUT2D eigenvalue weighted by molar-refractivity contribution is -0.119. The van der Waals surface area contributed by atoms with Crippen LogP contribution in [0.5, 0.6) is 0 Å². The molecule has 0 bridgehead atoms. The molecular formula is C22H26N6O7. The number of fused-ring (bicyclic) bond motifs is 1.